The van der Waals surface area contributed by atoms with Crippen molar-refractivity contribution in [2.75, 3.05) is 19.7 Å². The number of hydrogen-bond donors (Lipinski definition) is 0. The summed E-state index contributed by atoms with van der Waals surface area (Å²) in [6.45, 7) is 5.45. The summed E-state index contributed by atoms with van der Waals surface area (Å²) in [5, 5.41) is 5.81. The van der Waals surface area contributed by atoms with E-state index in [1.807, 2.05) is 23.0 Å². The normalized spacial score (nSPS) is 22.6. The molecule has 8 heteroatoms. The second kappa shape index (κ2) is 11.1. The molecule has 4 aliphatic rings. The average Bonchev–Trinajstić information content (AvgIpc) is 3.78. The van der Waals surface area contributed by atoms with Crippen LogP contribution in [0, 0.1) is 0 Å². The fourth-order valence-corrected chi connectivity index (χ4v) is 9.44. The first kappa shape index (κ1) is 28.4. The summed E-state index contributed by atoms with van der Waals surface area (Å²) >= 11 is 0. The van der Waals surface area contributed by atoms with Crippen molar-refractivity contribution in [3.05, 3.63) is 65.9 Å². The zero-order chi connectivity index (χ0) is 29.9. The third-order valence-electron chi connectivity index (χ3n) is 10.7. The van der Waals surface area contributed by atoms with Gasteiger partial charge in [-0.05, 0) is 99.6 Å². The van der Waals surface area contributed by atoms with Crippen LogP contribution in [0.1, 0.15) is 82.1 Å². The molecular weight excluding hydrogens is 568 g/mol. The number of sulfone groups is 1. The van der Waals surface area contributed by atoms with Crippen LogP contribution in [0.5, 0.6) is 0 Å². The first-order valence-corrected chi connectivity index (χ1v) is 18.2. The lowest BCUT2D eigenvalue weighted by atomic mass is 9.96. The molecular formula is C36H42N4O3S. The highest BCUT2D eigenvalue weighted by atomic mass is 32.2. The summed E-state index contributed by atoms with van der Waals surface area (Å²) in [5.74, 6) is 0. The molecule has 2 aromatic heterocycles. The highest BCUT2D eigenvalue weighted by Gasteiger charge is 2.37. The summed E-state index contributed by atoms with van der Waals surface area (Å²) in [6, 6.07) is 16.4. The van der Waals surface area contributed by atoms with Gasteiger partial charge in [-0.15, -0.1) is 0 Å². The minimum Gasteiger partial charge on any atom is -0.356 e. The molecule has 2 aliphatic carbocycles. The standard InChI is InChI=1S/C36H42N4O3S/c1-36(17-3-4-18-36)39-19-15-25-7-8-27(22-28(25)16-20-39)29-23-32-34(26-9-11-30(12-10-26)44(41,42)31-13-14-31)38-40(35(32)37-24-29)33-6-2-5-21-43-33/h7-12,22-24,31,33H,2-6,13-21H2,1H3. The Balaban J connectivity index is 1.15. The molecule has 7 nitrogen and oxygen atoms in total. The molecule has 0 bridgehead atoms. The average molecular weight is 611 g/mol. The third kappa shape index (κ3) is 5.09. The van der Waals surface area contributed by atoms with Gasteiger partial charge in [-0.1, -0.05) is 43.2 Å². The molecule has 3 fully saturated rings. The van der Waals surface area contributed by atoms with Crippen molar-refractivity contribution >= 4 is 20.9 Å². The second-order valence-corrected chi connectivity index (χ2v) is 15.9. The third-order valence-corrected chi connectivity index (χ3v) is 13.0. The molecule has 230 valence electrons. The zero-order valence-corrected chi connectivity index (χ0v) is 26.5. The number of nitrogens with zero attached hydrogens (tertiary/aromatic N) is 4. The first-order valence-electron chi connectivity index (χ1n) is 16.6. The number of ether oxygens (including phenoxy) is 1. The lowest BCUT2D eigenvalue weighted by Gasteiger charge is -2.37. The van der Waals surface area contributed by atoms with Crippen LogP contribution in [0.4, 0.5) is 0 Å². The SMILES string of the molecule is CC1(N2CCc3ccc(-c4cnc5c(c4)c(-c4ccc(S(=O)(=O)C6CC6)cc4)nn5C4CCCCO4)cc3CC2)CCCC1. The van der Waals surface area contributed by atoms with Crippen molar-refractivity contribution in [3.63, 3.8) is 0 Å². The summed E-state index contributed by atoms with van der Waals surface area (Å²) in [4.78, 5) is 8.14. The molecule has 2 saturated carbocycles. The first-order chi connectivity index (χ1) is 21.4. The molecule has 1 saturated heterocycles. The molecule has 0 spiro atoms. The van der Waals surface area contributed by atoms with Crippen LogP contribution in [0.25, 0.3) is 33.4 Å². The van der Waals surface area contributed by atoms with Gasteiger partial charge in [-0.3, -0.25) is 4.90 Å². The monoisotopic (exact) mass is 610 g/mol. The van der Waals surface area contributed by atoms with Gasteiger partial charge in [0.1, 0.15) is 5.69 Å². The van der Waals surface area contributed by atoms with Gasteiger partial charge in [0.2, 0.25) is 0 Å². The molecule has 2 aliphatic heterocycles. The maximum Gasteiger partial charge on any atom is 0.181 e. The van der Waals surface area contributed by atoms with Gasteiger partial charge in [0, 0.05) is 47.9 Å². The van der Waals surface area contributed by atoms with Gasteiger partial charge in [-0.25, -0.2) is 18.1 Å². The predicted octanol–water partition coefficient (Wildman–Crippen LogP) is 7.13. The number of fused-ring (bicyclic) bond motifs is 2. The molecule has 4 aromatic rings. The van der Waals surface area contributed by atoms with E-state index in [4.69, 9.17) is 14.8 Å². The lowest BCUT2D eigenvalue weighted by Crippen LogP contribution is -2.45. The van der Waals surface area contributed by atoms with Gasteiger partial charge in [0.15, 0.2) is 21.7 Å². The Hall–Kier alpha value is -3.07. The molecule has 1 atom stereocenters. The molecule has 0 radical (unpaired) electrons. The van der Waals surface area contributed by atoms with E-state index in [-0.39, 0.29) is 11.5 Å². The quantitative estimate of drug-likeness (QED) is 0.231. The summed E-state index contributed by atoms with van der Waals surface area (Å²) in [6.07, 6.45) is 13.9. The molecule has 1 unspecified atom stereocenters. The van der Waals surface area contributed by atoms with Gasteiger partial charge in [0.25, 0.3) is 0 Å². The van der Waals surface area contributed by atoms with Crippen molar-refractivity contribution < 1.29 is 13.2 Å². The van der Waals surface area contributed by atoms with E-state index >= 15 is 0 Å². The van der Waals surface area contributed by atoms with Crippen LogP contribution in [0.15, 0.2) is 59.6 Å². The fraction of sp³-hybridized carbons (Fsp3) is 0.500. The van der Waals surface area contributed by atoms with Crippen LogP contribution in [-0.4, -0.2) is 58.6 Å². The molecule has 0 N–H and O–H groups in total. The van der Waals surface area contributed by atoms with Gasteiger partial charge < -0.3 is 4.74 Å². The van der Waals surface area contributed by atoms with Crippen LogP contribution in [-0.2, 0) is 27.4 Å². The minimum absolute atomic E-state index is 0.148. The number of rotatable bonds is 6. The van der Waals surface area contributed by atoms with Gasteiger partial charge in [-0.2, -0.15) is 5.10 Å². The highest BCUT2D eigenvalue weighted by molar-refractivity contribution is 7.92. The molecule has 0 amide bonds. The van der Waals surface area contributed by atoms with Crippen LogP contribution in [0.3, 0.4) is 0 Å². The van der Waals surface area contributed by atoms with Crippen LogP contribution >= 0.6 is 0 Å². The fourth-order valence-electron chi connectivity index (χ4n) is 7.78. The van der Waals surface area contributed by atoms with E-state index in [9.17, 15) is 8.42 Å². The summed E-state index contributed by atoms with van der Waals surface area (Å²) in [5.41, 5.74) is 8.04. The molecule has 8 rings (SSSR count). The largest absolute Gasteiger partial charge is 0.356 e. The summed E-state index contributed by atoms with van der Waals surface area (Å²) < 4.78 is 33.8. The van der Waals surface area contributed by atoms with Crippen LogP contribution < -0.4 is 0 Å². The Morgan fingerprint density at radius 3 is 2.32 bits per heavy atom. The maximum absolute atomic E-state index is 12.8. The smallest absolute Gasteiger partial charge is 0.181 e. The second-order valence-electron chi connectivity index (χ2n) is 13.7. The van der Waals surface area contributed by atoms with Crippen LogP contribution in [0.2, 0.25) is 0 Å². The van der Waals surface area contributed by atoms with E-state index < -0.39 is 9.84 Å². The van der Waals surface area contributed by atoms with Gasteiger partial charge in [0.05, 0.1) is 10.1 Å². The number of hydrogen-bond acceptors (Lipinski definition) is 6. The van der Waals surface area contributed by atoms with E-state index in [1.54, 1.807) is 12.1 Å². The Bertz CT molecular complexity index is 1800. The highest BCUT2D eigenvalue weighted by Crippen LogP contribution is 2.39. The Morgan fingerprint density at radius 1 is 0.841 bits per heavy atom. The Morgan fingerprint density at radius 2 is 1.59 bits per heavy atom. The van der Waals surface area contributed by atoms with Crippen molar-refractivity contribution in [2.24, 2.45) is 0 Å². The lowest BCUT2D eigenvalue weighted by molar-refractivity contribution is -0.0368. The van der Waals surface area contributed by atoms with Crippen molar-refractivity contribution in [3.8, 4) is 22.4 Å². The van der Waals surface area contributed by atoms with Crippen molar-refractivity contribution in [1.82, 2.24) is 19.7 Å². The zero-order valence-electron chi connectivity index (χ0n) is 25.7. The Kier molecular flexibility index (Phi) is 7.15. The van der Waals surface area contributed by atoms with E-state index in [1.165, 1.54) is 42.4 Å². The van der Waals surface area contributed by atoms with E-state index in [0.717, 1.165) is 92.5 Å². The number of pyridine rings is 1. The topological polar surface area (TPSA) is 77.3 Å². The molecule has 4 heterocycles. The molecule has 2 aromatic carbocycles. The predicted molar refractivity (Wildman–Crippen MR) is 173 cm³/mol. The maximum atomic E-state index is 12.8. The summed E-state index contributed by atoms with van der Waals surface area (Å²) in [7, 11) is -3.25. The number of aromatic nitrogens is 3. The van der Waals surface area contributed by atoms with Gasteiger partial charge >= 0.3 is 0 Å². The Labute approximate surface area is 260 Å². The van der Waals surface area contributed by atoms with E-state index in [0.29, 0.717) is 10.4 Å². The van der Waals surface area contributed by atoms with E-state index in [2.05, 4.69) is 36.1 Å². The molecule has 44 heavy (non-hydrogen) atoms. The van der Waals surface area contributed by atoms with Crippen molar-refractivity contribution in [1.29, 1.82) is 0 Å². The minimum atomic E-state index is -3.25. The van der Waals surface area contributed by atoms with Crippen molar-refractivity contribution in [2.45, 2.75) is 99.5 Å². The number of benzene rings is 2.